The normalized spacial score (nSPS) is 19.9. The fourth-order valence-corrected chi connectivity index (χ4v) is 6.70. The number of hydrogen-bond acceptors (Lipinski definition) is 7. The van der Waals surface area contributed by atoms with Gasteiger partial charge in [0.15, 0.2) is 5.13 Å². The van der Waals surface area contributed by atoms with E-state index in [0.717, 1.165) is 41.0 Å². The smallest absolute Gasteiger partial charge is 0.282 e. The van der Waals surface area contributed by atoms with Crippen LogP contribution >= 0.6 is 11.3 Å². The Labute approximate surface area is 174 Å². The monoisotopic (exact) mass is 439 g/mol. The van der Waals surface area contributed by atoms with Crippen LogP contribution in [-0.4, -0.2) is 66.2 Å². The quantitative estimate of drug-likeness (QED) is 0.525. The van der Waals surface area contributed by atoms with Gasteiger partial charge in [0.1, 0.15) is 0 Å². The zero-order valence-corrected chi connectivity index (χ0v) is 18.0. The Hall–Kier alpha value is -1.82. The Morgan fingerprint density at radius 1 is 1.17 bits per heavy atom. The standard InChI is InChI=1S/C18H25N5O4S2/c1-20(14-5-3-2-4-6-14)29(26,27)22-11-9-21(10-12-22)18-19-16-8-7-15(23(24)25)13-17(16)28-18/h7-8,13-14H,2-6,9-12H2,1H3. The first-order valence-electron chi connectivity index (χ1n) is 9.89. The molecule has 1 aliphatic carbocycles. The third kappa shape index (κ3) is 4.09. The second kappa shape index (κ2) is 8.13. The molecule has 0 unspecified atom stereocenters. The molecule has 11 heteroatoms. The Morgan fingerprint density at radius 2 is 1.86 bits per heavy atom. The van der Waals surface area contributed by atoms with Crippen LogP contribution in [0.25, 0.3) is 10.2 Å². The lowest BCUT2D eigenvalue weighted by molar-refractivity contribution is -0.384. The molecule has 0 bridgehead atoms. The molecule has 2 aliphatic rings. The van der Waals surface area contributed by atoms with E-state index in [-0.39, 0.29) is 11.7 Å². The van der Waals surface area contributed by atoms with Crippen molar-refractivity contribution in [2.45, 2.75) is 38.1 Å². The van der Waals surface area contributed by atoms with Crippen molar-refractivity contribution in [2.24, 2.45) is 0 Å². The average Bonchev–Trinajstić information content (AvgIpc) is 3.17. The third-order valence-corrected chi connectivity index (χ3v) is 8.98. The van der Waals surface area contributed by atoms with Crippen LogP contribution in [0.15, 0.2) is 18.2 Å². The maximum atomic E-state index is 13.0. The summed E-state index contributed by atoms with van der Waals surface area (Å²) in [5.41, 5.74) is 0.775. The van der Waals surface area contributed by atoms with Crippen molar-refractivity contribution in [1.82, 2.24) is 13.6 Å². The van der Waals surface area contributed by atoms with Crippen molar-refractivity contribution in [3.8, 4) is 0 Å². The van der Waals surface area contributed by atoms with E-state index in [1.54, 1.807) is 21.7 Å². The number of fused-ring (bicyclic) bond motifs is 1. The minimum absolute atomic E-state index is 0.0503. The minimum Gasteiger partial charge on any atom is -0.345 e. The molecular weight excluding hydrogens is 414 g/mol. The van der Waals surface area contributed by atoms with Crippen LogP contribution in [0, 0.1) is 10.1 Å². The number of piperazine rings is 1. The van der Waals surface area contributed by atoms with Crippen molar-refractivity contribution in [3.63, 3.8) is 0 Å². The van der Waals surface area contributed by atoms with Gasteiger partial charge in [0, 0.05) is 51.4 Å². The van der Waals surface area contributed by atoms with Crippen LogP contribution in [0.4, 0.5) is 10.8 Å². The summed E-state index contributed by atoms with van der Waals surface area (Å²) < 4.78 is 30.0. The molecule has 158 valence electrons. The first kappa shape index (κ1) is 20.5. The van der Waals surface area contributed by atoms with Crippen LogP contribution in [0.1, 0.15) is 32.1 Å². The van der Waals surface area contributed by atoms with E-state index < -0.39 is 15.1 Å². The lowest BCUT2D eigenvalue weighted by Crippen LogP contribution is -2.54. The molecule has 1 aromatic carbocycles. The Balaban J connectivity index is 1.43. The summed E-state index contributed by atoms with van der Waals surface area (Å²) in [7, 11) is -1.75. The van der Waals surface area contributed by atoms with E-state index in [4.69, 9.17) is 0 Å². The molecule has 4 rings (SSSR count). The lowest BCUT2D eigenvalue weighted by atomic mass is 9.96. The van der Waals surface area contributed by atoms with Crippen LogP contribution in [-0.2, 0) is 10.2 Å². The van der Waals surface area contributed by atoms with Crippen molar-refractivity contribution in [1.29, 1.82) is 0 Å². The van der Waals surface area contributed by atoms with E-state index in [0.29, 0.717) is 26.2 Å². The molecular formula is C18H25N5O4S2. The molecule has 2 heterocycles. The van der Waals surface area contributed by atoms with E-state index in [2.05, 4.69) is 9.88 Å². The molecule has 2 fully saturated rings. The summed E-state index contributed by atoms with van der Waals surface area (Å²) in [5, 5.41) is 11.7. The molecule has 0 atom stereocenters. The Morgan fingerprint density at radius 3 is 2.52 bits per heavy atom. The number of anilines is 1. The molecule has 0 amide bonds. The Kier molecular flexibility index (Phi) is 5.74. The van der Waals surface area contributed by atoms with Crippen LogP contribution in [0.3, 0.4) is 0 Å². The van der Waals surface area contributed by atoms with Gasteiger partial charge in [-0.3, -0.25) is 10.1 Å². The number of rotatable bonds is 5. The molecule has 1 aliphatic heterocycles. The molecule has 1 saturated carbocycles. The summed E-state index contributed by atoms with van der Waals surface area (Å²) in [6.07, 6.45) is 5.25. The number of nitrogens with zero attached hydrogens (tertiary/aromatic N) is 5. The first-order valence-corrected chi connectivity index (χ1v) is 12.1. The van der Waals surface area contributed by atoms with Gasteiger partial charge in [0.25, 0.3) is 15.9 Å². The SMILES string of the molecule is CN(C1CCCCC1)S(=O)(=O)N1CCN(c2nc3ccc([N+](=O)[O-])cc3s2)CC1. The van der Waals surface area contributed by atoms with Crippen molar-refractivity contribution >= 4 is 42.6 Å². The number of non-ortho nitro benzene ring substituents is 1. The zero-order chi connectivity index (χ0) is 20.6. The number of nitro groups is 1. The van der Waals surface area contributed by atoms with E-state index in [1.807, 2.05) is 0 Å². The second-order valence-electron chi connectivity index (χ2n) is 7.61. The highest BCUT2D eigenvalue weighted by atomic mass is 32.2. The highest BCUT2D eigenvalue weighted by Crippen LogP contribution is 2.32. The van der Waals surface area contributed by atoms with Gasteiger partial charge in [-0.05, 0) is 18.9 Å². The lowest BCUT2D eigenvalue weighted by Gasteiger charge is -2.38. The molecule has 9 nitrogen and oxygen atoms in total. The molecule has 0 N–H and O–H groups in total. The van der Waals surface area contributed by atoms with Gasteiger partial charge >= 0.3 is 0 Å². The number of aromatic nitrogens is 1. The molecule has 0 spiro atoms. The summed E-state index contributed by atoms with van der Waals surface area (Å²) >= 11 is 1.41. The molecule has 0 radical (unpaired) electrons. The summed E-state index contributed by atoms with van der Waals surface area (Å²) in [4.78, 5) is 17.2. The maximum absolute atomic E-state index is 13.0. The maximum Gasteiger partial charge on any atom is 0.282 e. The topological polar surface area (TPSA) is 99.9 Å². The predicted molar refractivity (Wildman–Crippen MR) is 114 cm³/mol. The number of hydrogen-bond donors (Lipinski definition) is 0. The van der Waals surface area contributed by atoms with Gasteiger partial charge in [-0.2, -0.15) is 17.0 Å². The van der Waals surface area contributed by atoms with Gasteiger partial charge < -0.3 is 4.90 Å². The number of thiazole rings is 1. The fraction of sp³-hybridized carbons (Fsp3) is 0.611. The van der Waals surface area contributed by atoms with Crippen LogP contribution < -0.4 is 4.90 Å². The zero-order valence-electron chi connectivity index (χ0n) is 16.4. The Bertz CT molecular complexity index is 995. The molecule has 1 aromatic heterocycles. The van der Waals surface area contributed by atoms with Gasteiger partial charge in [-0.25, -0.2) is 4.98 Å². The van der Waals surface area contributed by atoms with E-state index in [1.165, 1.54) is 29.9 Å². The average molecular weight is 440 g/mol. The van der Waals surface area contributed by atoms with Crippen molar-refractivity contribution in [2.75, 3.05) is 38.1 Å². The largest absolute Gasteiger partial charge is 0.345 e. The molecule has 2 aromatic rings. The van der Waals surface area contributed by atoms with Gasteiger partial charge in [-0.15, -0.1) is 0 Å². The third-order valence-electron chi connectivity index (χ3n) is 5.86. The van der Waals surface area contributed by atoms with Crippen LogP contribution in [0.5, 0.6) is 0 Å². The predicted octanol–water partition coefficient (Wildman–Crippen LogP) is 2.84. The van der Waals surface area contributed by atoms with Gasteiger partial charge in [-0.1, -0.05) is 30.6 Å². The first-order chi connectivity index (χ1) is 13.9. The minimum atomic E-state index is -3.46. The van der Waals surface area contributed by atoms with Crippen molar-refractivity contribution in [3.05, 3.63) is 28.3 Å². The van der Waals surface area contributed by atoms with E-state index >= 15 is 0 Å². The second-order valence-corrected chi connectivity index (χ2v) is 10.6. The van der Waals surface area contributed by atoms with Crippen molar-refractivity contribution < 1.29 is 13.3 Å². The highest BCUT2D eigenvalue weighted by molar-refractivity contribution is 7.86. The molecule has 1 saturated heterocycles. The summed E-state index contributed by atoms with van der Waals surface area (Å²) in [6.45, 7) is 1.93. The number of benzene rings is 1. The summed E-state index contributed by atoms with van der Waals surface area (Å²) in [6, 6.07) is 4.76. The molecule has 29 heavy (non-hydrogen) atoms. The number of nitro benzene ring substituents is 1. The van der Waals surface area contributed by atoms with Gasteiger partial charge in [0.2, 0.25) is 0 Å². The highest BCUT2D eigenvalue weighted by Gasteiger charge is 2.35. The fourth-order valence-electron chi connectivity index (χ4n) is 4.08. The summed E-state index contributed by atoms with van der Waals surface area (Å²) in [5.74, 6) is 0. The van der Waals surface area contributed by atoms with Crippen LogP contribution in [0.2, 0.25) is 0 Å². The van der Waals surface area contributed by atoms with Gasteiger partial charge in [0.05, 0.1) is 15.1 Å². The van der Waals surface area contributed by atoms with E-state index in [9.17, 15) is 18.5 Å².